The zero-order chi connectivity index (χ0) is 13.1. The Morgan fingerprint density at radius 2 is 2.11 bits per heavy atom. The van der Waals surface area contributed by atoms with E-state index in [0.29, 0.717) is 12.2 Å². The van der Waals surface area contributed by atoms with E-state index in [-0.39, 0.29) is 11.9 Å². The second-order valence-electron chi connectivity index (χ2n) is 4.40. The topological polar surface area (TPSA) is 42.4 Å². The first-order valence-electron chi connectivity index (χ1n) is 5.87. The Labute approximate surface area is 106 Å². The highest BCUT2D eigenvalue weighted by Gasteiger charge is 2.16. The number of hydrogen-bond acceptors (Lipinski definition) is 3. The smallest absolute Gasteiger partial charge is 0.146 e. The molecule has 0 aliphatic rings. The van der Waals surface area contributed by atoms with E-state index in [2.05, 4.69) is 0 Å². The number of para-hydroxylation sites is 1. The van der Waals surface area contributed by atoms with Crippen molar-refractivity contribution in [2.45, 2.75) is 19.5 Å². The molecule has 2 aromatic rings. The lowest BCUT2D eigenvalue weighted by atomic mass is 10.1. The highest BCUT2D eigenvalue weighted by molar-refractivity contribution is 5.55. The van der Waals surface area contributed by atoms with Crippen molar-refractivity contribution in [3.8, 4) is 0 Å². The molecule has 0 bridgehead atoms. The Bertz CT molecular complexity index is 509. The number of halogens is 1. The van der Waals surface area contributed by atoms with Crippen LogP contribution < -0.4 is 10.6 Å². The van der Waals surface area contributed by atoms with Crippen molar-refractivity contribution in [3.63, 3.8) is 0 Å². The molecule has 4 heteroatoms. The van der Waals surface area contributed by atoms with Gasteiger partial charge in [0.25, 0.3) is 0 Å². The van der Waals surface area contributed by atoms with Crippen LogP contribution in [0.5, 0.6) is 0 Å². The molecule has 2 rings (SSSR count). The number of benzene rings is 1. The molecule has 2 N–H and O–H groups in total. The van der Waals surface area contributed by atoms with Crippen LogP contribution in [0.2, 0.25) is 0 Å². The molecule has 0 saturated heterocycles. The van der Waals surface area contributed by atoms with Gasteiger partial charge in [0.05, 0.1) is 18.5 Å². The van der Waals surface area contributed by atoms with E-state index in [4.69, 9.17) is 10.2 Å². The molecule has 18 heavy (non-hydrogen) atoms. The average molecular weight is 248 g/mol. The zero-order valence-electron chi connectivity index (χ0n) is 10.6. The van der Waals surface area contributed by atoms with Crippen LogP contribution in [-0.4, -0.2) is 7.05 Å². The second-order valence-corrected chi connectivity index (χ2v) is 4.40. The molecule has 0 aliphatic heterocycles. The predicted octanol–water partition coefficient (Wildman–Crippen LogP) is 3.07. The summed E-state index contributed by atoms with van der Waals surface area (Å²) >= 11 is 0. The predicted molar refractivity (Wildman–Crippen MR) is 69.8 cm³/mol. The molecule has 0 aliphatic carbocycles. The maximum atomic E-state index is 14.0. The van der Waals surface area contributed by atoms with Gasteiger partial charge in [-0.05, 0) is 30.7 Å². The normalized spacial score (nSPS) is 12.4. The molecule has 96 valence electrons. The second kappa shape index (κ2) is 5.23. The summed E-state index contributed by atoms with van der Waals surface area (Å²) in [6.45, 7) is 2.35. The van der Waals surface area contributed by atoms with Crippen molar-refractivity contribution in [2.75, 3.05) is 11.9 Å². The molecular formula is C14H17FN2O. The van der Waals surface area contributed by atoms with Gasteiger partial charge in [0.15, 0.2) is 0 Å². The quantitative estimate of drug-likeness (QED) is 0.904. The Hall–Kier alpha value is -1.81. The van der Waals surface area contributed by atoms with Gasteiger partial charge in [0.2, 0.25) is 0 Å². The fourth-order valence-corrected chi connectivity index (χ4v) is 2.02. The van der Waals surface area contributed by atoms with Gasteiger partial charge in [-0.25, -0.2) is 4.39 Å². The minimum atomic E-state index is -0.265. The summed E-state index contributed by atoms with van der Waals surface area (Å²) in [4.78, 5) is 1.81. The number of anilines is 1. The van der Waals surface area contributed by atoms with Crippen molar-refractivity contribution >= 4 is 5.69 Å². The summed E-state index contributed by atoms with van der Waals surface area (Å²) in [5.74, 6) is 0.523. The number of rotatable bonds is 4. The summed E-state index contributed by atoms with van der Waals surface area (Å²) in [6, 6.07) is 8.44. The van der Waals surface area contributed by atoms with Crippen molar-refractivity contribution < 1.29 is 8.81 Å². The molecule has 0 amide bonds. The third kappa shape index (κ3) is 2.54. The Morgan fingerprint density at radius 1 is 1.33 bits per heavy atom. The summed E-state index contributed by atoms with van der Waals surface area (Å²) < 4.78 is 19.2. The summed E-state index contributed by atoms with van der Waals surface area (Å²) in [5, 5.41) is 0. The highest BCUT2D eigenvalue weighted by Crippen LogP contribution is 2.28. The first-order chi connectivity index (χ1) is 8.59. The van der Waals surface area contributed by atoms with Gasteiger partial charge in [-0.2, -0.15) is 0 Å². The molecule has 0 spiro atoms. The van der Waals surface area contributed by atoms with Crippen LogP contribution in [0.3, 0.4) is 0 Å². The van der Waals surface area contributed by atoms with Crippen LogP contribution in [0.1, 0.15) is 24.3 Å². The van der Waals surface area contributed by atoms with Gasteiger partial charge in [0.1, 0.15) is 11.6 Å². The minimum absolute atomic E-state index is 0.213. The molecule has 0 fully saturated rings. The third-order valence-corrected chi connectivity index (χ3v) is 2.86. The molecule has 0 radical (unpaired) electrons. The third-order valence-electron chi connectivity index (χ3n) is 2.86. The monoisotopic (exact) mass is 248 g/mol. The van der Waals surface area contributed by atoms with Gasteiger partial charge < -0.3 is 15.1 Å². The van der Waals surface area contributed by atoms with Crippen LogP contribution in [-0.2, 0) is 6.54 Å². The molecule has 1 aromatic carbocycles. The van der Waals surface area contributed by atoms with Gasteiger partial charge in [-0.15, -0.1) is 0 Å². The maximum Gasteiger partial charge on any atom is 0.146 e. The van der Waals surface area contributed by atoms with Gasteiger partial charge in [-0.3, -0.25) is 0 Å². The van der Waals surface area contributed by atoms with Crippen molar-refractivity contribution in [2.24, 2.45) is 5.73 Å². The SMILES string of the molecule is CC(N)c1cccc(F)c1N(C)Cc1ccco1. The molecule has 1 aromatic heterocycles. The van der Waals surface area contributed by atoms with Crippen LogP contribution in [0, 0.1) is 5.82 Å². The lowest BCUT2D eigenvalue weighted by Gasteiger charge is -2.23. The summed E-state index contributed by atoms with van der Waals surface area (Å²) in [5.41, 5.74) is 7.20. The molecule has 3 nitrogen and oxygen atoms in total. The zero-order valence-corrected chi connectivity index (χ0v) is 10.6. The van der Waals surface area contributed by atoms with Crippen LogP contribution in [0.4, 0.5) is 10.1 Å². The van der Waals surface area contributed by atoms with Gasteiger partial charge in [-0.1, -0.05) is 12.1 Å². The van der Waals surface area contributed by atoms with Crippen molar-refractivity contribution in [1.29, 1.82) is 0 Å². The molecule has 1 unspecified atom stereocenters. The highest BCUT2D eigenvalue weighted by atomic mass is 19.1. The number of furan rings is 1. The van der Waals surface area contributed by atoms with E-state index in [1.165, 1.54) is 6.07 Å². The minimum Gasteiger partial charge on any atom is -0.467 e. The summed E-state index contributed by atoms with van der Waals surface area (Å²) in [7, 11) is 1.83. The average Bonchev–Trinajstić information content (AvgIpc) is 2.81. The number of hydrogen-bond donors (Lipinski definition) is 1. The van der Waals surface area contributed by atoms with E-state index in [1.807, 2.05) is 37.1 Å². The Morgan fingerprint density at radius 3 is 2.72 bits per heavy atom. The Kier molecular flexibility index (Phi) is 3.67. The molecule has 1 heterocycles. The lowest BCUT2D eigenvalue weighted by Crippen LogP contribution is -2.21. The van der Waals surface area contributed by atoms with Crippen LogP contribution >= 0.6 is 0 Å². The number of nitrogens with zero attached hydrogens (tertiary/aromatic N) is 1. The first kappa shape index (κ1) is 12.6. The fraction of sp³-hybridized carbons (Fsp3) is 0.286. The molecule has 0 saturated carbocycles. The van der Waals surface area contributed by atoms with Crippen molar-refractivity contribution in [1.82, 2.24) is 0 Å². The largest absolute Gasteiger partial charge is 0.467 e. The number of nitrogens with two attached hydrogens (primary N) is 1. The molecular weight excluding hydrogens is 231 g/mol. The van der Waals surface area contributed by atoms with E-state index in [9.17, 15) is 4.39 Å². The van der Waals surface area contributed by atoms with Crippen molar-refractivity contribution in [3.05, 3.63) is 53.7 Å². The van der Waals surface area contributed by atoms with Gasteiger partial charge in [0, 0.05) is 13.1 Å². The van der Waals surface area contributed by atoms with Crippen LogP contribution in [0.15, 0.2) is 41.0 Å². The first-order valence-corrected chi connectivity index (χ1v) is 5.87. The summed E-state index contributed by atoms with van der Waals surface area (Å²) in [6.07, 6.45) is 1.61. The standard InChI is InChI=1S/C14H17FN2O/c1-10(16)12-6-3-7-13(15)14(12)17(2)9-11-5-4-8-18-11/h3-8,10H,9,16H2,1-2H3. The Balaban J connectivity index is 2.31. The van der Waals surface area contributed by atoms with E-state index < -0.39 is 0 Å². The van der Waals surface area contributed by atoms with Gasteiger partial charge >= 0.3 is 0 Å². The molecule has 1 atom stereocenters. The van der Waals surface area contributed by atoms with E-state index in [1.54, 1.807) is 12.3 Å². The maximum absolute atomic E-state index is 14.0. The van der Waals surface area contributed by atoms with E-state index in [0.717, 1.165) is 11.3 Å². The lowest BCUT2D eigenvalue weighted by molar-refractivity contribution is 0.505. The van der Waals surface area contributed by atoms with Crippen LogP contribution in [0.25, 0.3) is 0 Å². The van der Waals surface area contributed by atoms with E-state index >= 15 is 0 Å². The fourth-order valence-electron chi connectivity index (χ4n) is 2.02.